The Kier molecular flexibility index (Phi) is 20.8. The van der Waals surface area contributed by atoms with Gasteiger partial charge in [0.15, 0.2) is 39.4 Å². The minimum absolute atomic E-state index is 0.0569. The summed E-state index contributed by atoms with van der Waals surface area (Å²) in [6.07, 6.45) is 8.82. The number of carbonyl (C=O) groups excluding carboxylic acids is 3. The first-order chi connectivity index (χ1) is 42.9. The highest BCUT2D eigenvalue weighted by atomic mass is 32.2. The molecule has 10 aromatic rings. The van der Waals surface area contributed by atoms with Crippen LogP contribution in [0.2, 0.25) is 0 Å². The Morgan fingerprint density at radius 3 is 1.37 bits per heavy atom. The van der Waals surface area contributed by atoms with Gasteiger partial charge in [-0.3, -0.25) is 19.4 Å². The maximum atomic E-state index is 13.4. The number of benzene rings is 3. The molecule has 0 atom stereocenters. The van der Waals surface area contributed by atoms with Crippen LogP contribution in [0.25, 0.3) is 33.1 Å². The predicted molar refractivity (Wildman–Crippen MR) is 308 cm³/mol. The number of aromatic hydroxyl groups is 1. The quantitative estimate of drug-likeness (QED) is 0.0398. The molecule has 7 heterocycles. The molecule has 0 unspecified atom stereocenters. The molecule has 460 valence electrons. The van der Waals surface area contributed by atoms with Crippen molar-refractivity contribution in [1.29, 1.82) is 0 Å². The molecule has 0 fully saturated rings. The zero-order chi connectivity index (χ0) is 63.7. The third-order valence-corrected chi connectivity index (χ3v) is 13.0. The number of carbonyl (C=O) groups is 3. The smallest absolute Gasteiger partial charge is 0.506 e. The van der Waals surface area contributed by atoms with Crippen LogP contribution in [-0.4, -0.2) is 106 Å². The van der Waals surface area contributed by atoms with Crippen LogP contribution in [0.3, 0.4) is 0 Å². The molecule has 27 nitrogen and oxygen atoms in total. The van der Waals surface area contributed by atoms with E-state index in [1.54, 1.807) is 50.4 Å². The Morgan fingerprint density at radius 1 is 0.528 bits per heavy atom. The molecular formula is C58H50F3N11O16S. The van der Waals surface area contributed by atoms with E-state index in [4.69, 9.17) is 28.7 Å². The Morgan fingerprint density at radius 2 is 0.921 bits per heavy atom. The summed E-state index contributed by atoms with van der Waals surface area (Å²) in [5, 5.41) is 13.5. The van der Waals surface area contributed by atoms with Gasteiger partial charge in [0, 0.05) is 24.8 Å². The van der Waals surface area contributed by atoms with Crippen molar-refractivity contribution < 1.29 is 74.0 Å². The van der Waals surface area contributed by atoms with E-state index in [0.717, 1.165) is 38.8 Å². The highest BCUT2D eigenvalue weighted by Crippen LogP contribution is 2.33. The molecule has 0 aliphatic carbocycles. The molecule has 89 heavy (non-hydrogen) atoms. The molecule has 0 aliphatic rings. The molecule has 0 bridgehead atoms. The summed E-state index contributed by atoms with van der Waals surface area (Å²) in [6, 6.07) is 32.5. The van der Waals surface area contributed by atoms with E-state index in [2.05, 4.69) is 44.4 Å². The molecular weight excluding hydrogens is 1200 g/mol. The minimum atomic E-state index is -6.25. The second kappa shape index (κ2) is 29.1. The number of hydrogen-bond donors (Lipinski definition) is 2. The fraction of sp³-hybridized carbons (Fsp3) is 0.190. The minimum Gasteiger partial charge on any atom is -0.506 e. The van der Waals surface area contributed by atoms with Crippen LogP contribution in [0, 0.1) is 0 Å². The van der Waals surface area contributed by atoms with Gasteiger partial charge < -0.3 is 43.3 Å². The van der Waals surface area contributed by atoms with Crippen molar-refractivity contribution in [3.63, 3.8) is 0 Å². The van der Waals surface area contributed by atoms with E-state index in [9.17, 15) is 55.5 Å². The monoisotopic (exact) mass is 1250 g/mol. The molecule has 0 radical (unpaired) electrons. The van der Waals surface area contributed by atoms with E-state index in [0.29, 0.717) is 15.7 Å². The second-order valence-electron chi connectivity index (χ2n) is 17.9. The molecule has 10 rings (SSSR count). The lowest BCUT2D eigenvalue weighted by Gasteiger charge is -2.17. The first-order valence-electron chi connectivity index (χ1n) is 26.4. The molecule has 7 aromatic heterocycles. The summed E-state index contributed by atoms with van der Waals surface area (Å²) < 4.78 is 83.3. The van der Waals surface area contributed by atoms with Gasteiger partial charge in [-0.1, -0.05) is 97.1 Å². The van der Waals surface area contributed by atoms with E-state index in [1.165, 1.54) is 32.0 Å². The van der Waals surface area contributed by atoms with Gasteiger partial charge in [-0.25, -0.2) is 44.3 Å². The maximum Gasteiger partial charge on any atom is 0.534 e. The number of halogens is 3. The van der Waals surface area contributed by atoms with E-state index in [-0.39, 0.29) is 74.1 Å². The number of pyridine rings is 4. The Hall–Kier alpha value is -11.4. The topological polar surface area (TPSA) is 338 Å². The molecule has 0 amide bonds. The van der Waals surface area contributed by atoms with Crippen molar-refractivity contribution in [3.05, 3.63) is 223 Å². The summed E-state index contributed by atoms with van der Waals surface area (Å²) >= 11 is 0. The van der Waals surface area contributed by atoms with Gasteiger partial charge in [0.1, 0.15) is 44.6 Å². The van der Waals surface area contributed by atoms with Crippen LogP contribution in [0.1, 0.15) is 74.2 Å². The van der Waals surface area contributed by atoms with Crippen LogP contribution < -0.4 is 40.7 Å². The average molecular weight is 1250 g/mol. The third-order valence-electron chi connectivity index (χ3n) is 12.0. The number of nitrogens with zero attached hydrogens (tertiary/aromatic N) is 10. The van der Waals surface area contributed by atoms with Crippen LogP contribution in [0.15, 0.2) is 167 Å². The zero-order valence-electron chi connectivity index (χ0n) is 47.0. The van der Waals surface area contributed by atoms with Crippen LogP contribution in [-0.2, 0) is 50.7 Å². The molecule has 0 saturated carbocycles. The number of ether oxygens (including phenoxy) is 3. The number of nitrogens with one attached hydrogen (secondary N) is 1. The van der Waals surface area contributed by atoms with Gasteiger partial charge in [0.2, 0.25) is 0 Å². The predicted octanol–water partition coefficient (Wildman–Crippen LogP) is 5.73. The first kappa shape index (κ1) is 63.6. The lowest BCUT2D eigenvalue weighted by molar-refractivity contribution is -0.0500. The van der Waals surface area contributed by atoms with E-state index < -0.39 is 83.9 Å². The summed E-state index contributed by atoms with van der Waals surface area (Å²) in [5.74, 6) is -4.87. The van der Waals surface area contributed by atoms with Gasteiger partial charge in [-0.05, 0) is 49.6 Å². The van der Waals surface area contributed by atoms with Gasteiger partial charge in [0.05, 0.1) is 53.9 Å². The summed E-state index contributed by atoms with van der Waals surface area (Å²) in [5.41, 5.74) is -7.36. The van der Waals surface area contributed by atoms with Gasteiger partial charge in [-0.15, -0.1) is 14.2 Å². The van der Waals surface area contributed by atoms with Gasteiger partial charge >= 0.3 is 50.2 Å². The fourth-order valence-electron chi connectivity index (χ4n) is 8.03. The molecule has 3 aromatic carbocycles. The van der Waals surface area contributed by atoms with E-state index >= 15 is 0 Å². The summed E-state index contributed by atoms with van der Waals surface area (Å²) in [7, 11) is -6.25. The average Bonchev–Trinajstić information content (AvgIpc) is 1.23. The summed E-state index contributed by atoms with van der Waals surface area (Å²) in [6.45, 7) is 4.84. The van der Waals surface area contributed by atoms with Crippen molar-refractivity contribution in [2.75, 3.05) is 25.1 Å². The van der Waals surface area contributed by atoms with E-state index in [1.807, 2.05) is 78.9 Å². The normalized spacial score (nSPS) is 11.1. The number of hydrogen-bond acceptors (Lipinski definition) is 24. The highest BCUT2D eigenvalue weighted by molar-refractivity contribution is 7.88. The number of fused-ring (bicyclic) bond motifs is 3. The van der Waals surface area contributed by atoms with Crippen molar-refractivity contribution in [1.82, 2.24) is 49.1 Å². The van der Waals surface area contributed by atoms with Gasteiger partial charge in [-0.2, -0.15) is 21.6 Å². The molecule has 2 N–H and O–H groups in total. The lowest BCUT2D eigenvalue weighted by Crippen LogP contribution is -2.35. The van der Waals surface area contributed by atoms with Crippen LogP contribution >= 0.6 is 0 Å². The third kappa shape index (κ3) is 15.0. The Bertz CT molecular complexity index is 4460. The maximum absolute atomic E-state index is 13.4. The number of alkyl halides is 3. The number of aromatic nitrogens is 10. The highest BCUT2D eigenvalue weighted by Gasteiger charge is 2.50. The van der Waals surface area contributed by atoms with Crippen molar-refractivity contribution in [2.45, 2.75) is 52.6 Å². The lowest BCUT2D eigenvalue weighted by atomic mass is 10.1. The van der Waals surface area contributed by atoms with Crippen molar-refractivity contribution in [2.24, 2.45) is 0 Å². The second-order valence-corrected chi connectivity index (χ2v) is 19.4. The number of anilines is 1. The summed E-state index contributed by atoms with van der Waals surface area (Å²) in [4.78, 5) is 121. The Labute approximate surface area is 500 Å². The van der Waals surface area contributed by atoms with Crippen LogP contribution in [0.5, 0.6) is 11.5 Å². The standard InChI is InChI=1S/C23H21N5O4.C18H14F3N3O7S.C17H15N3O5/c1-2-31-23(30)19-20(26-12-17-10-6-7-11-25-17)18-13-24-15-27-21(18)28(22(19)29)32-14-16-8-4-3-5-9-16;1-2-29-17(26)13-14(31-32(27,28)18(19,20)21)12-8-22-10-23-15(12)24(16(13)25)30-9-11-6-4-3-5-7-11;1-2-24-17(23)13-14(21)12-8-18-10-19-15(12)20(16(13)22)25-9-11-6-4-3-5-7-11/h3-11,13,15,26H,2,12,14H2,1H3;3-8,10H,2,9H2,1H3;3-8,10,21H,2,9H2,1H3. The van der Waals surface area contributed by atoms with Crippen LogP contribution in [0.4, 0.5) is 18.9 Å². The van der Waals surface area contributed by atoms with Crippen molar-refractivity contribution >= 4 is 66.8 Å². The van der Waals surface area contributed by atoms with Gasteiger partial charge in [0.25, 0.3) is 0 Å². The Balaban J connectivity index is 0.000000174. The molecule has 0 saturated heterocycles. The molecule has 31 heteroatoms. The zero-order valence-corrected chi connectivity index (χ0v) is 47.8. The fourth-order valence-corrected chi connectivity index (χ4v) is 8.52. The first-order valence-corrected chi connectivity index (χ1v) is 27.8. The number of rotatable bonds is 20. The van der Waals surface area contributed by atoms with Crippen molar-refractivity contribution in [3.8, 4) is 11.5 Å². The SMILES string of the molecule is CCOC(=O)c1c(NCc2ccccn2)c2cncnc2n(OCc2ccccc2)c1=O.CCOC(=O)c1c(O)c2cncnc2n(OCc2ccccc2)c1=O.CCOC(=O)c1c(OS(=O)(=O)C(F)(F)F)c2cncnc2n(OCc2ccccc2)c1=O. The molecule has 0 spiro atoms. The number of esters is 3. The largest absolute Gasteiger partial charge is 0.534 e. The molecule has 0 aliphatic heterocycles.